The fourth-order valence-electron chi connectivity index (χ4n) is 2.50. The van der Waals surface area contributed by atoms with Gasteiger partial charge in [-0.15, -0.1) is 11.3 Å². The number of nitrogens with zero attached hydrogens (tertiary/aromatic N) is 1. The second-order valence-corrected chi connectivity index (χ2v) is 6.00. The van der Waals surface area contributed by atoms with Crippen molar-refractivity contribution in [3.8, 4) is 0 Å². The Labute approximate surface area is 132 Å². The summed E-state index contributed by atoms with van der Waals surface area (Å²) in [6.45, 7) is 1.27. The van der Waals surface area contributed by atoms with Crippen LogP contribution in [-0.2, 0) is 9.47 Å². The minimum Gasteiger partial charge on any atom is -0.394 e. The van der Waals surface area contributed by atoms with E-state index >= 15 is 0 Å². The minimum absolute atomic E-state index is 0.0277. The summed E-state index contributed by atoms with van der Waals surface area (Å²) >= 11 is 1.51. The molecule has 7 heteroatoms. The summed E-state index contributed by atoms with van der Waals surface area (Å²) in [5, 5.41) is 11.8. The molecule has 22 heavy (non-hydrogen) atoms. The van der Waals surface area contributed by atoms with Crippen molar-refractivity contribution in [1.29, 1.82) is 0 Å². The highest BCUT2D eigenvalue weighted by Gasteiger charge is 2.28. The Kier molecular flexibility index (Phi) is 4.99. The first kappa shape index (κ1) is 15.4. The fraction of sp³-hybridized carbons (Fsp3) is 0.467. The number of nitrogens with one attached hydrogen (secondary N) is 1. The minimum atomic E-state index is -0.204. The van der Waals surface area contributed by atoms with Gasteiger partial charge in [0.15, 0.2) is 0 Å². The summed E-state index contributed by atoms with van der Waals surface area (Å²) in [7, 11) is 0. The molecule has 1 aromatic heterocycles. The van der Waals surface area contributed by atoms with Crippen LogP contribution in [0.2, 0.25) is 0 Å². The third-order valence-electron chi connectivity index (χ3n) is 3.63. The second-order valence-electron chi connectivity index (χ2n) is 5.11. The van der Waals surface area contributed by atoms with Crippen LogP contribution >= 0.6 is 11.3 Å². The number of ether oxygens (including phenoxy) is 2. The molecule has 1 aromatic carbocycles. The van der Waals surface area contributed by atoms with Crippen LogP contribution in [0.15, 0.2) is 23.7 Å². The number of amides is 1. The summed E-state index contributed by atoms with van der Waals surface area (Å²) in [6, 6.07) is 5.25. The molecule has 118 valence electrons. The van der Waals surface area contributed by atoms with Crippen molar-refractivity contribution in [2.45, 2.75) is 18.6 Å². The van der Waals surface area contributed by atoms with Crippen LogP contribution in [0.25, 0.3) is 10.2 Å². The normalized spacial score (nSPS) is 21.9. The first-order valence-electron chi connectivity index (χ1n) is 7.22. The molecule has 1 aliphatic rings. The Balaban J connectivity index is 1.68. The zero-order valence-corrected chi connectivity index (χ0v) is 12.8. The summed E-state index contributed by atoms with van der Waals surface area (Å²) in [5.74, 6) is -0.150. The highest BCUT2D eigenvalue weighted by atomic mass is 32.1. The molecule has 0 saturated carbocycles. The van der Waals surface area contributed by atoms with Crippen LogP contribution in [-0.4, -0.2) is 54.6 Å². The molecule has 0 spiro atoms. The Morgan fingerprint density at radius 1 is 1.55 bits per heavy atom. The van der Waals surface area contributed by atoms with E-state index in [2.05, 4.69) is 10.3 Å². The lowest BCUT2D eigenvalue weighted by Gasteiger charge is -2.32. The van der Waals surface area contributed by atoms with Crippen molar-refractivity contribution in [3.63, 3.8) is 0 Å². The molecule has 1 saturated heterocycles. The van der Waals surface area contributed by atoms with Crippen LogP contribution in [0.3, 0.4) is 0 Å². The van der Waals surface area contributed by atoms with Gasteiger partial charge in [-0.2, -0.15) is 0 Å². The van der Waals surface area contributed by atoms with Crippen molar-refractivity contribution in [1.82, 2.24) is 10.3 Å². The number of benzene rings is 1. The van der Waals surface area contributed by atoms with E-state index in [-0.39, 0.29) is 31.3 Å². The van der Waals surface area contributed by atoms with Crippen molar-refractivity contribution in [2.24, 2.45) is 0 Å². The lowest BCUT2D eigenvalue weighted by Crippen LogP contribution is -2.50. The second kappa shape index (κ2) is 7.15. The largest absolute Gasteiger partial charge is 0.394 e. The maximum atomic E-state index is 12.4. The smallest absolute Gasteiger partial charge is 0.251 e. The van der Waals surface area contributed by atoms with E-state index in [9.17, 15) is 4.79 Å². The number of thiazole rings is 1. The monoisotopic (exact) mass is 322 g/mol. The third-order valence-corrected chi connectivity index (χ3v) is 4.42. The summed E-state index contributed by atoms with van der Waals surface area (Å²) < 4.78 is 12.0. The molecular formula is C15H18N2O4S. The molecular weight excluding hydrogens is 304 g/mol. The van der Waals surface area contributed by atoms with Gasteiger partial charge >= 0.3 is 0 Å². The van der Waals surface area contributed by atoms with Gasteiger partial charge in [0.25, 0.3) is 5.91 Å². The average Bonchev–Trinajstić information content (AvgIpc) is 3.01. The molecule has 1 fully saturated rings. The van der Waals surface area contributed by atoms with E-state index in [0.717, 1.165) is 10.2 Å². The number of aliphatic hydroxyl groups excluding tert-OH is 1. The molecule has 2 aromatic rings. The van der Waals surface area contributed by atoms with Gasteiger partial charge in [0.2, 0.25) is 0 Å². The van der Waals surface area contributed by atoms with E-state index in [1.54, 1.807) is 11.6 Å². The van der Waals surface area contributed by atoms with E-state index < -0.39 is 0 Å². The van der Waals surface area contributed by atoms with E-state index in [0.29, 0.717) is 25.2 Å². The zero-order chi connectivity index (χ0) is 15.4. The van der Waals surface area contributed by atoms with Crippen molar-refractivity contribution >= 4 is 27.5 Å². The highest BCUT2D eigenvalue weighted by molar-refractivity contribution is 7.16. The lowest BCUT2D eigenvalue weighted by molar-refractivity contribution is -0.0612. The molecule has 1 amide bonds. The molecule has 2 heterocycles. The molecule has 0 unspecified atom stereocenters. The molecule has 2 atom stereocenters. The Morgan fingerprint density at radius 2 is 2.45 bits per heavy atom. The average molecular weight is 322 g/mol. The van der Waals surface area contributed by atoms with Gasteiger partial charge in [-0.1, -0.05) is 0 Å². The number of hydrogen-bond donors (Lipinski definition) is 2. The zero-order valence-electron chi connectivity index (χ0n) is 12.0. The third kappa shape index (κ3) is 3.44. The maximum absolute atomic E-state index is 12.4. The van der Waals surface area contributed by atoms with Crippen LogP contribution in [0, 0.1) is 0 Å². The molecule has 1 aliphatic heterocycles. The van der Waals surface area contributed by atoms with Gasteiger partial charge in [0.05, 0.1) is 47.7 Å². The summed E-state index contributed by atoms with van der Waals surface area (Å²) in [5.41, 5.74) is 3.26. The predicted molar refractivity (Wildman–Crippen MR) is 83.1 cm³/mol. The predicted octanol–water partition coefficient (Wildman–Crippen LogP) is 1.19. The van der Waals surface area contributed by atoms with Gasteiger partial charge in [0.1, 0.15) is 0 Å². The first-order valence-corrected chi connectivity index (χ1v) is 8.10. The molecule has 6 nitrogen and oxygen atoms in total. The molecule has 2 N–H and O–H groups in total. The first-order chi connectivity index (χ1) is 10.8. The number of hydrogen-bond acceptors (Lipinski definition) is 6. The maximum Gasteiger partial charge on any atom is 0.251 e. The van der Waals surface area contributed by atoms with Crippen LogP contribution < -0.4 is 5.32 Å². The Hall–Kier alpha value is -1.54. The topological polar surface area (TPSA) is 80.7 Å². The molecule has 0 aliphatic carbocycles. The van der Waals surface area contributed by atoms with E-state index in [1.807, 2.05) is 12.1 Å². The quantitative estimate of drug-likeness (QED) is 0.864. The van der Waals surface area contributed by atoms with Gasteiger partial charge in [0, 0.05) is 12.2 Å². The SMILES string of the molecule is O=C(N[C@@H]1COCC[C@@H]1OCCO)c1ccc2ncsc2c1. The number of fused-ring (bicyclic) bond motifs is 1. The van der Waals surface area contributed by atoms with Crippen molar-refractivity contribution in [2.75, 3.05) is 26.4 Å². The van der Waals surface area contributed by atoms with Gasteiger partial charge in [-0.25, -0.2) is 4.98 Å². The van der Waals surface area contributed by atoms with Gasteiger partial charge in [-0.05, 0) is 24.6 Å². The Morgan fingerprint density at radius 3 is 3.32 bits per heavy atom. The van der Waals surface area contributed by atoms with Crippen molar-refractivity contribution in [3.05, 3.63) is 29.3 Å². The molecule has 0 bridgehead atoms. The summed E-state index contributed by atoms with van der Waals surface area (Å²) in [4.78, 5) is 16.6. The van der Waals surface area contributed by atoms with E-state index in [1.165, 1.54) is 11.3 Å². The molecule has 3 rings (SSSR count). The van der Waals surface area contributed by atoms with Crippen LogP contribution in [0.4, 0.5) is 0 Å². The number of carbonyl (C=O) groups is 1. The van der Waals surface area contributed by atoms with Gasteiger partial charge in [-0.3, -0.25) is 4.79 Å². The van der Waals surface area contributed by atoms with E-state index in [4.69, 9.17) is 14.6 Å². The number of carbonyl (C=O) groups excluding carboxylic acids is 1. The number of aromatic nitrogens is 1. The van der Waals surface area contributed by atoms with Crippen molar-refractivity contribution < 1.29 is 19.4 Å². The lowest BCUT2D eigenvalue weighted by atomic mass is 10.1. The Bertz CT molecular complexity index is 645. The number of rotatable bonds is 5. The fourth-order valence-corrected chi connectivity index (χ4v) is 3.22. The number of aliphatic hydroxyl groups is 1. The van der Waals surface area contributed by atoms with Gasteiger partial charge < -0.3 is 19.9 Å². The van der Waals surface area contributed by atoms with Crippen LogP contribution in [0.5, 0.6) is 0 Å². The standard InChI is InChI=1S/C15H18N2O4S/c18-4-6-21-13-3-5-20-8-12(13)17-15(19)10-1-2-11-14(7-10)22-9-16-11/h1-2,7,9,12-13,18H,3-6,8H2,(H,17,19)/t12-,13+/m1/s1. The van der Waals surface area contributed by atoms with Crippen LogP contribution in [0.1, 0.15) is 16.8 Å². The highest BCUT2D eigenvalue weighted by Crippen LogP contribution is 2.19. The summed E-state index contributed by atoms with van der Waals surface area (Å²) in [6.07, 6.45) is 0.579. The molecule has 0 radical (unpaired) electrons.